The summed E-state index contributed by atoms with van der Waals surface area (Å²) in [6.45, 7) is 0.120. The molecule has 0 unspecified atom stereocenters. The largest absolute Gasteiger partial charge is 0.488 e. The molecule has 1 heterocycles. The first-order valence-electron chi connectivity index (χ1n) is 11.0. The summed E-state index contributed by atoms with van der Waals surface area (Å²) in [7, 11) is 0. The van der Waals surface area contributed by atoms with Gasteiger partial charge in [0.05, 0.1) is 5.69 Å². The Morgan fingerprint density at radius 2 is 1.47 bits per heavy atom. The van der Waals surface area contributed by atoms with Crippen LogP contribution in [0.4, 0.5) is 19.3 Å². The molecule has 1 N–H and O–H groups in total. The highest BCUT2D eigenvalue weighted by molar-refractivity contribution is 6.39. The standard InChI is InChI=1S/C28H18F2N2O4/c29-19-8-5-17(6-9-19)16-36-25-14-7-18-3-1-2-4-22(18)23(25)15-24-26(33)31-28(35)32(27(24)34)21-12-10-20(30)11-13-21/h1-15H,16H2,(H,31,33,35)/b24-15+. The van der Waals surface area contributed by atoms with Crippen LogP contribution in [0, 0.1) is 11.6 Å². The molecule has 0 bridgehead atoms. The van der Waals surface area contributed by atoms with Gasteiger partial charge in [0.15, 0.2) is 0 Å². The van der Waals surface area contributed by atoms with E-state index in [-0.39, 0.29) is 23.7 Å². The molecular formula is C28H18F2N2O4. The van der Waals surface area contributed by atoms with Gasteiger partial charge in [-0.25, -0.2) is 18.5 Å². The number of carbonyl (C=O) groups is 3. The minimum Gasteiger partial charge on any atom is -0.488 e. The van der Waals surface area contributed by atoms with Gasteiger partial charge in [-0.2, -0.15) is 0 Å². The van der Waals surface area contributed by atoms with Gasteiger partial charge in [-0.1, -0.05) is 42.5 Å². The third-order valence-electron chi connectivity index (χ3n) is 5.71. The van der Waals surface area contributed by atoms with E-state index in [1.54, 1.807) is 18.2 Å². The molecule has 0 spiro atoms. The summed E-state index contributed by atoms with van der Waals surface area (Å²) in [6, 6.07) is 20.6. The van der Waals surface area contributed by atoms with Gasteiger partial charge in [0.1, 0.15) is 29.6 Å². The molecule has 178 valence electrons. The number of barbiturate groups is 1. The molecule has 5 rings (SSSR count). The van der Waals surface area contributed by atoms with Crippen LogP contribution in [-0.4, -0.2) is 17.8 Å². The maximum absolute atomic E-state index is 13.4. The Balaban J connectivity index is 1.57. The van der Waals surface area contributed by atoms with Crippen LogP contribution in [0.3, 0.4) is 0 Å². The number of hydrogen-bond acceptors (Lipinski definition) is 4. The summed E-state index contributed by atoms with van der Waals surface area (Å²) in [4.78, 5) is 39.3. The molecule has 4 aromatic carbocycles. The van der Waals surface area contributed by atoms with Gasteiger partial charge in [-0.05, 0) is 64.9 Å². The molecule has 1 fully saturated rings. The molecule has 0 saturated carbocycles. The lowest BCUT2D eigenvalue weighted by atomic mass is 9.99. The number of nitrogens with one attached hydrogen (secondary N) is 1. The first-order chi connectivity index (χ1) is 17.4. The molecule has 1 aliphatic heterocycles. The van der Waals surface area contributed by atoms with Crippen molar-refractivity contribution in [3.8, 4) is 5.75 Å². The molecule has 4 amide bonds. The van der Waals surface area contributed by atoms with E-state index in [1.807, 2.05) is 30.3 Å². The van der Waals surface area contributed by atoms with Crippen molar-refractivity contribution >= 4 is 40.4 Å². The van der Waals surface area contributed by atoms with Gasteiger partial charge in [-0.15, -0.1) is 0 Å². The zero-order valence-electron chi connectivity index (χ0n) is 18.7. The number of nitrogens with zero attached hydrogens (tertiary/aromatic N) is 1. The normalized spacial score (nSPS) is 14.9. The highest BCUT2D eigenvalue weighted by Crippen LogP contribution is 2.32. The predicted molar refractivity (Wildman–Crippen MR) is 130 cm³/mol. The molecule has 0 atom stereocenters. The van der Waals surface area contributed by atoms with Crippen molar-refractivity contribution in [2.45, 2.75) is 6.61 Å². The van der Waals surface area contributed by atoms with Crippen LogP contribution >= 0.6 is 0 Å². The summed E-state index contributed by atoms with van der Waals surface area (Å²) in [5.41, 5.74) is 1.01. The lowest BCUT2D eigenvalue weighted by Crippen LogP contribution is -2.54. The van der Waals surface area contributed by atoms with E-state index in [0.29, 0.717) is 16.7 Å². The number of anilines is 1. The Labute approximate surface area is 204 Å². The highest BCUT2D eigenvalue weighted by Gasteiger charge is 2.37. The van der Waals surface area contributed by atoms with Gasteiger partial charge in [0, 0.05) is 5.56 Å². The van der Waals surface area contributed by atoms with Gasteiger partial charge in [0.2, 0.25) is 0 Å². The molecule has 1 saturated heterocycles. The van der Waals surface area contributed by atoms with Crippen LogP contribution in [0.1, 0.15) is 11.1 Å². The number of amides is 4. The van der Waals surface area contributed by atoms with E-state index < -0.39 is 23.7 Å². The number of carbonyl (C=O) groups excluding carboxylic acids is 3. The van der Waals surface area contributed by atoms with Crippen LogP contribution in [-0.2, 0) is 16.2 Å². The second-order valence-corrected chi connectivity index (χ2v) is 8.05. The smallest absolute Gasteiger partial charge is 0.335 e. The maximum Gasteiger partial charge on any atom is 0.335 e. The molecule has 0 aromatic heterocycles. The fourth-order valence-electron chi connectivity index (χ4n) is 3.92. The van der Waals surface area contributed by atoms with E-state index in [9.17, 15) is 23.2 Å². The van der Waals surface area contributed by atoms with Crippen molar-refractivity contribution in [3.63, 3.8) is 0 Å². The fraction of sp³-hybridized carbons (Fsp3) is 0.0357. The van der Waals surface area contributed by atoms with Gasteiger partial charge in [0.25, 0.3) is 11.8 Å². The summed E-state index contributed by atoms with van der Waals surface area (Å²) >= 11 is 0. The lowest BCUT2D eigenvalue weighted by molar-refractivity contribution is -0.122. The van der Waals surface area contributed by atoms with E-state index in [0.717, 1.165) is 28.0 Å². The van der Waals surface area contributed by atoms with Crippen LogP contribution in [0.2, 0.25) is 0 Å². The quantitative estimate of drug-likeness (QED) is 0.306. The third kappa shape index (κ3) is 4.44. The average molecular weight is 484 g/mol. The summed E-state index contributed by atoms with van der Waals surface area (Å²) in [5.74, 6) is -2.23. The zero-order chi connectivity index (χ0) is 25.2. The number of fused-ring (bicyclic) bond motifs is 1. The Bertz CT molecular complexity index is 1530. The third-order valence-corrected chi connectivity index (χ3v) is 5.71. The lowest BCUT2D eigenvalue weighted by Gasteiger charge is -2.26. The summed E-state index contributed by atoms with van der Waals surface area (Å²) < 4.78 is 32.6. The van der Waals surface area contributed by atoms with Crippen molar-refractivity contribution in [2.75, 3.05) is 4.90 Å². The maximum atomic E-state index is 13.4. The Morgan fingerprint density at radius 3 is 2.19 bits per heavy atom. The van der Waals surface area contributed by atoms with Gasteiger partial charge in [-0.3, -0.25) is 14.9 Å². The van der Waals surface area contributed by atoms with Crippen LogP contribution < -0.4 is 15.0 Å². The minimum atomic E-state index is -0.931. The second-order valence-electron chi connectivity index (χ2n) is 8.05. The first kappa shape index (κ1) is 22.9. The van der Waals surface area contributed by atoms with Crippen molar-refractivity contribution in [1.29, 1.82) is 0 Å². The van der Waals surface area contributed by atoms with Gasteiger partial charge >= 0.3 is 6.03 Å². The average Bonchev–Trinajstić information content (AvgIpc) is 2.87. The second kappa shape index (κ2) is 9.42. The molecule has 4 aromatic rings. The van der Waals surface area contributed by atoms with Crippen molar-refractivity contribution in [1.82, 2.24) is 5.32 Å². The number of ether oxygens (including phenoxy) is 1. The molecule has 0 aliphatic carbocycles. The molecule has 8 heteroatoms. The van der Waals surface area contributed by atoms with Crippen molar-refractivity contribution in [3.05, 3.63) is 113 Å². The monoisotopic (exact) mass is 484 g/mol. The van der Waals surface area contributed by atoms with Crippen LogP contribution in [0.15, 0.2) is 90.5 Å². The number of imide groups is 2. The van der Waals surface area contributed by atoms with Gasteiger partial charge < -0.3 is 4.74 Å². The Hall–Kier alpha value is -4.85. The summed E-state index contributed by atoms with van der Waals surface area (Å²) in [6.07, 6.45) is 1.38. The number of hydrogen-bond donors (Lipinski definition) is 1. The van der Waals surface area contributed by atoms with Crippen molar-refractivity contribution in [2.24, 2.45) is 0 Å². The first-order valence-corrected chi connectivity index (χ1v) is 11.0. The number of urea groups is 1. The molecular weight excluding hydrogens is 466 g/mol. The van der Waals surface area contributed by atoms with E-state index in [2.05, 4.69) is 5.32 Å². The topological polar surface area (TPSA) is 75.7 Å². The molecule has 36 heavy (non-hydrogen) atoms. The zero-order valence-corrected chi connectivity index (χ0v) is 18.7. The Morgan fingerprint density at radius 1 is 0.806 bits per heavy atom. The van der Waals surface area contributed by atoms with E-state index >= 15 is 0 Å². The number of benzene rings is 4. The number of rotatable bonds is 5. The number of halogens is 2. The van der Waals surface area contributed by atoms with Crippen LogP contribution in [0.5, 0.6) is 5.75 Å². The fourth-order valence-corrected chi connectivity index (χ4v) is 3.92. The predicted octanol–water partition coefficient (Wildman–Crippen LogP) is 5.36. The molecule has 0 radical (unpaired) electrons. The SMILES string of the molecule is O=C1NC(=O)N(c2ccc(F)cc2)C(=O)/C1=C/c1c(OCc2ccc(F)cc2)ccc2ccccc12. The van der Waals surface area contributed by atoms with Crippen LogP contribution in [0.25, 0.3) is 16.8 Å². The van der Waals surface area contributed by atoms with Crippen molar-refractivity contribution < 1.29 is 27.9 Å². The minimum absolute atomic E-state index is 0.114. The molecule has 1 aliphatic rings. The highest BCUT2D eigenvalue weighted by atomic mass is 19.1. The summed E-state index contributed by atoms with van der Waals surface area (Å²) in [5, 5.41) is 3.72. The van der Waals surface area contributed by atoms with E-state index in [4.69, 9.17) is 4.74 Å². The molecule has 6 nitrogen and oxygen atoms in total. The Kier molecular flexibility index (Phi) is 6.00. The van der Waals surface area contributed by atoms with E-state index in [1.165, 1.54) is 30.3 Å².